The monoisotopic (exact) mass is 485 g/mol. The maximum absolute atomic E-state index is 13.6. The quantitative estimate of drug-likeness (QED) is 0.462. The van der Waals surface area contributed by atoms with Gasteiger partial charge >= 0.3 is 12.1 Å². The van der Waals surface area contributed by atoms with E-state index in [9.17, 15) is 27.6 Å². The highest BCUT2D eigenvalue weighted by Crippen LogP contribution is 2.42. The molecule has 1 aromatic carbocycles. The number of anilines is 1. The molecular weight excluding hydrogens is 455 g/mol. The zero-order valence-electron chi connectivity index (χ0n) is 19.0. The summed E-state index contributed by atoms with van der Waals surface area (Å²) < 4.78 is 47.0. The molecule has 1 amide bonds. The molecule has 3 rings (SSSR count). The number of rotatable bonds is 9. The predicted octanol–water partition coefficient (Wildman–Crippen LogP) is 2.80. The summed E-state index contributed by atoms with van der Waals surface area (Å²) in [7, 11) is 0. The van der Waals surface area contributed by atoms with Crippen molar-refractivity contribution >= 4 is 23.9 Å². The Morgan fingerprint density at radius 3 is 2.50 bits per heavy atom. The van der Waals surface area contributed by atoms with Crippen LogP contribution in [0.25, 0.3) is 0 Å². The number of carbonyl (C=O) groups excluding carboxylic acids is 2. The lowest BCUT2D eigenvalue weighted by atomic mass is 9.90. The molecule has 2 fully saturated rings. The fourth-order valence-corrected chi connectivity index (χ4v) is 4.51. The van der Waals surface area contributed by atoms with E-state index in [0.29, 0.717) is 50.1 Å². The third kappa shape index (κ3) is 6.06. The average Bonchev–Trinajstić information content (AvgIpc) is 3.32. The summed E-state index contributed by atoms with van der Waals surface area (Å²) >= 11 is 0. The number of alkyl halides is 3. The predicted molar refractivity (Wildman–Crippen MR) is 117 cm³/mol. The van der Waals surface area contributed by atoms with E-state index in [1.165, 1.54) is 13.0 Å². The molecule has 0 bridgehead atoms. The van der Waals surface area contributed by atoms with Crippen LogP contribution in [0.3, 0.4) is 0 Å². The fraction of sp³-hybridized carbons (Fsp3) is 0.609. The number of benzene rings is 1. The Hall–Kier alpha value is -2.66. The lowest BCUT2D eigenvalue weighted by molar-refractivity contribution is -0.142. The molecule has 188 valence electrons. The van der Waals surface area contributed by atoms with E-state index in [1.807, 2.05) is 4.90 Å². The van der Waals surface area contributed by atoms with Gasteiger partial charge in [-0.05, 0) is 57.2 Å². The van der Waals surface area contributed by atoms with Gasteiger partial charge in [-0.1, -0.05) is 0 Å². The first-order valence-corrected chi connectivity index (χ1v) is 11.4. The minimum atomic E-state index is -4.55. The number of carbonyl (C=O) groups is 3. The molecule has 2 aliphatic heterocycles. The smallest absolute Gasteiger partial charge is 0.416 e. The molecule has 0 saturated carbocycles. The molecule has 3 atom stereocenters. The number of amides is 1. The van der Waals surface area contributed by atoms with Crippen molar-refractivity contribution in [2.75, 3.05) is 24.6 Å². The van der Waals surface area contributed by atoms with Crippen LogP contribution in [0.4, 0.5) is 18.9 Å². The van der Waals surface area contributed by atoms with Gasteiger partial charge in [-0.2, -0.15) is 13.2 Å². The number of halogens is 3. The Bertz CT molecular complexity index is 896. The highest BCUT2D eigenvalue weighted by molar-refractivity contribution is 5.85. The Labute approximate surface area is 195 Å². The normalized spacial score (nSPS) is 22.8. The Kier molecular flexibility index (Phi) is 8.19. The first-order chi connectivity index (χ1) is 16.1. The third-order valence-electron chi connectivity index (χ3n) is 6.21. The molecule has 8 nitrogen and oxygen atoms in total. The number of ether oxygens (including phenoxy) is 1. The van der Waals surface area contributed by atoms with Crippen molar-refractivity contribution in [1.29, 1.82) is 0 Å². The van der Waals surface area contributed by atoms with Gasteiger partial charge in [0.15, 0.2) is 0 Å². The Morgan fingerprint density at radius 2 is 1.94 bits per heavy atom. The van der Waals surface area contributed by atoms with E-state index in [-0.39, 0.29) is 0 Å². The number of hydrogen-bond acceptors (Lipinski definition) is 6. The summed E-state index contributed by atoms with van der Waals surface area (Å²) in [6.45, 7) is 3.22. The van der Waals surface area contributed by atoms with E-state index in [4.69, 9.17) is 9.84 Å². The SMILES string of the molecule is C[C@H](NC1(c2cc(C(F)(F)F)ccc2N2CCCC2)CCCCO1)C(=O)N[C@H](C=O)CC(=O)O. The highest BCUT2D eigenvalue weighted by Gasteiger charge is 2.42. The molecule has 2 saturated heterocycles. The number of carboxylic acid groups (broad SMARTS) is 1. The Morgan fingerprint density at radius 1 is 1.24 bits per heavy atom. The maximum Gasteiger partial charge on any atom is 0.416 e. The second kappa shape index (κ2) is 10.7. The minimum absolute atomic E-state index is 0.299. The summed E-state index contributed by atoms with van der Waals surface area (Å²) in [6.07, 6.45) is -1.18. The van der Waals surface area contributed by atoms with Crippen LogP contribution in [-0.4, -0.2) is 55.0 Å². The number of nitrogens with zero attached hydrogens (tertiary/aromatic N) is 1. The van der Waals surface area contributed by atoms with Crippen LogP contribution in [0, 0.1) is 0 Å². The van der Waals surface area contributed by atoms with Crippen LogP contribution in [0.15, 0.2) is 18.2 Å². The van der Waals surface area contributed by atoms with Crippen LogP contribution in [0.2, 0.25) is 0 Å². The zero-order chi connectivity index (χ0) is 24.9. The molecular formula is C23H30F3N3O5. The number of hydrogen-bond donors (Lipinski definition) is 3. The van der Waals surface area contributed by atoms with E-state index >= 15 is 0 Å². The number of carboxylic acids is 1. The molecule has 1 aromatic rings. The summed E-state index contributed by atoms with van der Waals surface area (Å²) in [5.74, 6) is -1.90. The summed E-state index contributed by atoms with van der Waals surface area (Å²) in [5.41, 5.74) is -1.21. The second-order valence-electron chi connectivity index (χ2n) is 8.77. The van der Waals surface area contributed by atoms with Crippen LogP contribution >= 0.6 is 0 Å². The Balaban J connectivity index is 1.96. The van der Waals surface area contributed by atoms with Crippen molar-refractivity contribution in [3.63, 3.8) is 0 Å². The second-order valence-corrected chi connectivity index (χ2v) is 8.77. The first kappa shape index (κ1) is 26.0. The third-order valence-corrected chi connectivity index (χ3v) is 6.21. The van der Waals surface area contributed by atoms with Crippen molar-refractivity contribution < 1.29 is 37.4 Å². The summed E-state index contributed by atoms with van der Waals surface area (Å²) in [4.78, 5) is 36.8. The highest BCUT2D eigenvalue weighted by atomic mass is 19.4. The van der Waals surface area contributed by atoms with Crippen LogP contribution in [-0.2, 0) is 31.0 Å². The van der Waals surface area contributed by atoms with Crippen molar-refractivity contribution in [2.45, 2.75) is 69.4 Å². The van der Waals surface area contributed by atoms with Crippen molar-refractivity contribution in [3.8, 4) is 0 Å². The lowest BCUT2D eigenvalue weighted by Crippen LogP contribution is -2.57. The fourth-order valence-electron chi connectivity index (χ4n) is 4.51. The molecule has 2 aliphatic rings. The molecule has 11 heteroatoms. The maximum atomic E-state index is 13.6. The van der Waals surface area contributed by atoms with Gasteiger partial charge in [-0.15, -0.1) is 0 Å². The van der Waals surface area contributed by atoms with Crippen molar-refractivity contribution in [2.24, 2.45) is 0 Å². The van der Waals surface area contributed by atoms with Gasteiger partial charge in [0.1, 0.15) is 12.0 Å². The molecule has 0 aromatic heterocycles. The number of aliphatic carboxylic acids is 1. The van der Waals surface area contributed by atoms with Gasteiger partial charge in [-0.25, -0.2) is 0 Å². The molecule has 0 spiro atoms. The molecule has 3 N–H and O–H groups in total. The van der Waals surface area contributed by atoms with Crippen LogP contribution in [0.5, 0.6) is 0 Å². The van der Waals surface area contributed by atoms with Crippen molar-refractivity contribution in [1.82, 2.24) is 10.6 Å². The zero-order valence-corrected chi connectivity index (χ0v) is 19.0. The number of nitrogens with one attached hydrogen (secondary N) is 2. The lowest BCUT2D eigenvalue weighted by Gasteiger charge is -2.42. The molecule has 0 aliphatic carbocycles. The van der Waals surface area contributed by atoms with E-state index in [0.717, 1.165) is 31.4 Å². The minimum Gasteiger partial charge on any atom is -0.481 e. The van der Waals surface area contributed by atoms with Crippen molar-refractivity contribution in [3.05, 3.63) is 29.3 Å². The topological polar surface area (TPSA) is 108 Å². The summed E-state index contributed by atoms with van der Waals surface area (Å²) in [5, 5.41) is 14.3. The number of aldehydes is 1. The van der Waals surface area contributed by atoms with Gasteiger partial charge in [-0.3, -0.25) is 14.9 Å². The molecule has 1 unspecified atom stereocenters. The van der Waals surface area contributed by atoms with Gasteiger partial charge in [0.05, 0.1) is 24.1 Å². The molecule has 2 heterocycles. The first-order valence-electron chi connectivity index (χ1n) is 11.4. The van der Waals surface area contributed by atoms with E-state index < -0.39 is 47.8 Å². The average molecular weight is 486 g/mol. The van der Waals surface area contributed by atoms with E-state index in [1.54, 1.807) is 0 Å². The van der Waals surface area contributed by atoms with Crippen LogP contribution < -0.4 is 15.5 Å². The largest absolute Gasteiger partial charge is 0.481 e. The standard InChI is InChI=1S/C23H30F3N3O5/c1-15(21(33)27-17(14-30)13-20(31)32)28-22(8-2-5-11-34-22)18-12-16(23(24,25)26)6-7-19(18)29-9-3-4-10-29/h6-7,12,14-15,17,28H,2-5,8-11,13H2,1H3,(H,27,33)(H,31,32)/t15-,17-,22?/m0/s1. The van der Waals surface area contributed by atoms with Crippen LogP contribution in [0.1, 0.15) is 56.6 Å². The van der Waals surface area contributed by atoms with Gasteiger partial charge in [0.2, 0.25) is 5.91 Å². The molecule has 34 heavy (non-hydrogen) atoms. The van der Waals surface area contributed by atoms with Gasteiger partial charge in [0.25, 0.3) is 0 Å². The van der Waals surface area contributed by atoms with Gasteiger partial charge < -0.3 is 24.9 Å². The summed E-state index contributed by atoms with van der Waals surface area (Å²) in [6, 6.07) is 1.42. The van der Waals surface area contributed by atoms with E-state index in [2.05, 4.69) is 10.6 Å². The van der Waals surface area contributed by atoms with Gasteiger partial charge in [0, 0.05) is 30.9 Å². The molecule has 0 radical (unpaired) electrons.